The molecule has 2 aliphatic rings. The van der Waals surface area contributed by atoms with Gasteiger partial charge in [-0.05, 0) is 60.4 Å². The summed E-state index contributed by atoms with van der Waals surface area (Å²) in [5.74, 6) is 0.691. The van der Waals surface area contributed by atoms with Crippen LogP contribution in [0.25, 0.3) is 0 Å². The molecule has 1 saturated heterocycles. The first-order valence-electron chi connectivity index (χ1n) is 11.0. The van der Waals surface area contributed by atoms with Crippen LogP contribution in [-0.2, 0) is 16.0 Å². The number of aliphatic hydroxyl groups excluding tert-OH is 2. The second-order valence-corrected chi connectivity index (χ2v) is 9.10. The summed E-state index contributed by atoms with van der Waals surface area (Å²) in [6, 6.07) is 14.1. The first kappa shape index (κ1) is 22.3. The fourth-order valence-electron chi connectivity index (χ4n) is 3.91. The number of halogens is 1. The van der Waals surface area contributed by atoms with Crippen molar-refractivity contribution in [1.82, 2.24) is 0 Å². The smallest absolute Gasteiger partial charge is 0.120 e. The minimum absolute atomic E-state index is 0.0886. The minimum Gasteiger partial charge on any atom is -0.395 e. The van der Waals surface area contributed by atoms with Crippen LogP contribution in [0.4, 0.5) is 0 Å². The summed E-state index contributed by atoms with van der Waals surface area (Å²) in [6.07, 6.45) is 3.14. The lowest BCUT2D eigenvalue weighted by atomic mass is 9.94. The van der Waals surface area contributed by atoms with E-state index in [4.69, 9.17) is 21.2 Å². The molecule has 6 heteroatoms. The Morgan fingerprint density at radius 2 is 1.94 bits per heavy atom. The van der Waals surface area contributed by atoms with Gasteiger partial charge in [-0.15, -0.1) is 0 Å². The second-order valence-electron chi connectivity index (χ2n) is 8.69. The summed E-state index contributed by atoms with van der Waals surface area (Å²) in [5.41, 5.74) is 5.04. The van der Waals surface area contributed by atoms with Crippen molar-refractivity contribution in [2.75, 3.05) is 13.2 Å². The molecule has 1 saturated carbocycles. The van der Waals surface area contributed by atoms with Crippen LogP contribution in [0, 0.1) is 5.92 Å². The Balaban J connectivity index is 1.43. The lowest BCUT2D eigenvalue weighted by Crippen LogP contribution is -2.33. The van der Waals surface area contributed by atoms with E-state index in [-0.39, 0.29) is 18.8 Å². The molecule has 0 spiro atoms. The van der Waals surface area contributed by atoms with Gasteiger partial charge in [0.05, 0.1) is 30.6 Å². The van der Waals surface area contributed by atoms with E-state index in [1.807, 2.05) is 25.1 Å². The highest BCUT2D eigenvalue weighted by Gasteiger charge is 2.29. The Labute approximate surface area is 188 Å². The van der Waals surface area contributed by atoms with Crippen molar-refractivity contribution in [3.63, 3.8) is 0 Å². The zero-order valence-corrected chi connectivity index (χ0v) is 18.6. The molecular formula is C25H30ClNO4. The molecule has 0 amide bonds. The van der Waals surface area contributed by atoms with Gasteiger partial charge in [0.1, 0.15) is 6.61 Å². The zero-order valence-electron chi connectivity index (χ0n) is 17.8. The minimum atomic E-state index is -0.472. The number of hydrogen-bond acceptors (Lipinski definition) is 5. The van der Waals surface area contributed by atoms with Gasteiger partial charge in [-0.3, -0.25) is 0 Å². The van der Waals surface area contributed by atoms with Crippen LogP contribution in [0.5, 0.6) is 0 Å². The van der Waals surface area contributed by atoms with Crippen molar-refractivity contribution in [3.8, 4) is 0 Å². The molecule has 31 heavy (non-hydrogen) atoms. The maximum Gasteiger partial charge on any atom is 0.120 e. The highest BCUT2D eigenvalue weighted by Crippen LogP contribution is 2.34. The first-order chi connectivity index (χ1) is 15.0. The molecule has 2 fully saturated rings. The Morgan fingerprint density at radius 3 is 2.65 bits per heavy atom. The van der Waals surface area contributed by atoms with Crippen LogP contribution in [0.3, 0.4) is 0 Å². The van der Waals surface area contributed by atoms with Crippen molar-refractivity contribution >= 4 is 17.3 Å². The Bertz CT molecular complexity index is 910. The van der Waals surface area contributed by atoms with E-state index < -0.39 is 6.10 Å². The van der Waals surface area contributed by atoms with E-state index in [1.54, 1.807) is 0 Å². The van der Waals surface area contributed by atoms with Crippen LogP contribution in [0.2, 0.25) is 5.02 Å². The van der Waals surface area contributed by atoms with Crippen LogP contribution in [0.1, 0.15) is 61.0 Å². The quantitative estimate of drug-likeness (QED) is 0.460. The molecule has 3 unspecified atom stereocenters. The number of hydrogen-bond donors (Lipinski definition) is 2. The number of ether oxygens (including phenoxy) is 1. The highest BCUT2D eigenvalue weighted by atomic mass is 35.5. The third-order valence-electron chi connectivity index (χ3n) is 6.00. The van der Waals surface area contributed by atoms with E-state index in [1.165, 1.54) is 12.8 Å². The first-order valence-corrected chi connectivity index (χ1v) is 11.4. The number of rotatable bonds is 8. The molecule has 3 atom stereocenters. The molecule has 5 nitrogen and oxygen atoms in total. The zero-order chi connectivity index (χ0) is 21.8. The van der Waals surface area contributed by atoms with E-state index in [2.05, 4.69) is 29.4 Å². The van der Waals surface area contributed by atoms with Gasteiger partial charge in [-0.2, -0.15) is 0 Å². The SMILES string of the molecule is C/C(=N\OCC1CC1)c1ccc(Cc2cc(C3CC(O)CC(CO)O3)ccc2Cl)cc1. The molecule has 0 aromatic heterocycles. The second kappa shape index (κ2) is 10.1. The molecule has 1 aliphatic heterocycles. The summed E-state index contributed by atoms with van der Waals surface area (Å²) in [5, 5.41) is 24.5. The lowest BCUT2D eigenvalue weighted by molar-refractivity contribution is -0.113. The van der Waals surface area contributed by atoms with Crippen molar-refractivity contribution in [2.24, 2.45) is 11.1 Å². The van der Waals surface area contributed by atoms with Gasteiger partial charge in [-0.1, -0.05) is 53.2 Å². The van der Waals surface area contributed by atoms with E-state index >= 15 is 0 Å². The molecule has 2 aromatic carbocycles. The average molecular weight is 444 g/mol. The summed E-state index contributed by atoms with van der Waals surface area (Å²) in [7, 11) is 0. The Morgan fingerprint density at radius 1 is 1.16 bits per heavy atom. The van der Waals surface area contributed by atoms with Crippen molar-refractivity contribution < 1.29 is 19.8 Å². The van der Waals surface area contributed by atoms with Crippen molar-refractivity contribution in [2.45, 2.75) is 57.3 Å². The Kier molecular flexibility index (Phi) is 7.28. The third-order valence-corrected chi connectivity index (χ3v) is 6.37. The number of aliphatic hydroxyl groups is 2. The normalized spacial score (nSPS) is 24.3. The van der Waals surface area contributed by atoms with Gasteiger partial charge in [-0.25, -0.2) is 0 Å². The van der Waals surface area contributed by atoms with E-state index in [9.17, 15) is 10.2 Å². The summed E-state index contributed by atoms with van der Waals surface area (Å²) < 4.78 is 5.95. The van der Waals surface area contributed by atoms with Crippen LogP contribution in [0.15, 0.2) is 47.6 Å². The third kappa shape index (κ3) is 6.07. The number of oxime groups is 1. The maximum atomic E-state index is 10.1. The molecule has 166 valence electrons. The fourth-order valence-corrected chi connectivity index (χ4v) is 4.10. The molecule has 2 N–H and O–H groups in total. The highest BCUT2D eigenvalue weighted by molar-refractivity contribution is 6.31. The molecule has 1 heterocycles. The largest absolute Gasteiger partial charge is 0.395 e. The molecule has 2 aromatic rings. The number of nitrogens with zero attached hydrogens (tertiary/aromatic N) is 1. The standard InChI is InChI=1S/C25H30ClNO4/c1-16(27-30-15-18-2-3-18)19-6-4-17(5-7-19)10-21-11-20(8-9-24(21)26)25-13-22(29)12-23(14-28)31-25/h4-9,11,18,22-23,25,28-29H,2-3,10,12-15H2,1H3/b27-16+. The molecule has 0 bridgehead atoms. The van der Waals surface area contributed by atoms with E-state index in [0.717, 1.165) is 28.0 Å². The van der Waals surface area contributed by atoms with E-state index in [0.29, 0.717) is 36.8 Å². The summed E-state index contributed by atoms with van der Waals surface area (Å²) in [4.78, 5) is 5.43. The molecule has 4 rings (SSSR count). The van der Waals surface area contributed by atoms with Gasteiger partial charge >= 0.3 is 0 Å². The number of benzene rings is 2. The van der Waals surface area contributed by atoms with Crippen LogP contribution >= 0.6 is 11.6 Å². The Hall–Kier alpha value is -1.92. The maximum absolute atomic E-state index is 10.1. The van der Waals surface area contributed by atoms with Gasteiger partial charge < -0.3 is 19.8 Å². The van der Waals surface area contributed by atoms with Gasteiger partial charge in [0, 0.05) is 17.9 Å². The molecular weight excluding hydrogens is 414 g/mol. The van der Waals surface area contributed by atoms with Gasteiger partial charge in [0.15, 0.2) is 0 Å². The average Bonchev–Trinajstić information content (AvgIpc) is 3.59. The topological polar surface area (TPSA) is 71.3 Å². The molecule has 0 radical (unpaired) electrons. The van der Waals surface area contributed by atoms with Gasteiger partial charge in [0.25, 0.3) is 0 Å². The van der Waals surface area contributed by atoms with Crippen molar-refractivity contribution in [1.29, 1.82) is 0 Å². The molecule has 1 aliphatic carbocycles. The van der Waals surface area contributed by atoms with Gasteiger partial charge in [0.2, 0.25) is 0 Å². The van der Waals surface area contributed by atoms with Crippen LogP contribution in [-0.4, -0.2) is 41.3 Å². The van der Waals surface area contributed by atoms with Crippen LogP contribution < -0.4 is 0 Å². The van der Waals surface area contributed by atoms with Crippen molar-refractivity contribution in [3.05, 3.63) is 69.7 Å². The fraction of sp³-hybridized carbons (Fsp3) is 0.480. The monoisotopic (exact) mass is 443 g/mol. The summed E-state index contributed by atoms with van der Waals surface area (Å²) >= 11 is 6.47. The summed E-state index contributed by atoms with van der Waals surface area (Å²) in [6.45, 7) is 2.58. The predicted molar refractivity (Wildman–Crippen MR) is 122 cm³/mol. The lowest BCUT2D eigenvalue weighted by Gasteiger charge is -2.32. The predicted octanol–water partition coefficient (Wildman–Crippen LogP) is 4.65.